The van der Waals surface area contributed by atoms with Gasteiger partial charge in [0.15, 0.2) is 0 Å². The summed E-state index contributed by atoms with van der Waals surface area (Å²) in [5, 5.41) is 50.1. The Kier molecular flexibility index (Phi) is 36.9. The summed E-state index contributed by atoms with van der Waals surface area (Å²) in [6.45, 7) is 16.2. The highest BCUT2D eigenvalue weighted by Gasteiger charge is 2.43. The molecule has 0 spiro atoms. The lowest BCUT2D eigenvalue weighted by molar-refractivity contribution is -0.153. The summed E-state index contributed by atoms with van der Waals surface area (Å²) in [7, 11) is 1.16. The number of ether oxygens (including phenoxy) is 1. The van der Waals surface area contributed by atoms with Crippen LogP contribution in [0.4, 0.5) is 25.0 Å². The van der Waals surface area contributed by atoms with Gasteiger partial charge in [0, 0.05) is 61.5 Å². The van der Waals surface area contributed by atoms with Gasteiger partial charge >= 0.3 is 12.0 Å². The Morgan fingerprint density at radius 2 is 1.25 bits per heavy atom. The lowest BCUT2D eigenvalue weighted by Crippen LogP contribution is -2.61. The Morgan fingerprint density at radius 1 is 0.669 bits per heavy atom. The van der Waals surface area contributed by atoms with E-state index in [1.165, 1.54) is 45.0 Å². The number of halogens is 2. The number of urea groups is 1. The Balaban J connectivity index is 1.20. The zero-order valence-corrected chi connectivity index (χ0v) is 68.5. The minimum atomic E-state index is -1.88. The SMILES string of the molecule is CCN(CC)CCNC(=O)c1c(C)[nH]c(/C=C2\C(=O)N(C(=O)N(C)c3c(F)cccc3COC(=O)C(C)C(C)C(=O)N[C@H](C(=O)N[C@@H](CCN)C(=O)N[C@H]3CCNC(=O)[C@H]([C@@H](C)O)NC(=O)[C@H](CCN)NC(=O)[C@H](CCN)NC(=O)[C@H](CC(C)C)NC(=O)[C@@H](Cc4ccccc4)NC(=O)[C@H](CCN)NC3=O)[C@@H](C)O)c3ccc(F)cc32)c1C. The van der Waals surface area contributed by atoms with Gasteiger partial charge in [0.05, 0.1) is 40.6 Å². The number of likely N-dealkylation sites (N-methyl/N-ethyl adjacent to an activating group) is 1. The van der Waals surface area contributed by atoms with Gasteiger partial charge in [0.1, 0.15) is 72.6 Å². The number of aliphatic hydroxyl groups excluding tert-OH is 2. The largest absolute Gasteiger partial charge is 0.461 e. The molecule has 13 atom stereocenters. The second kappa shape index (κ2) is 45.5. The standard InChI is InChI=1S/C80H115F2N19O17/c1-12-100(13-2)35-34-88-75(112)63-44(7)59(89-45(63)8)39-52-51-38-50(81)22-23-62(51)101(78(52)115)80(117)99(11)66-49(20-17-21-53(66)82)40-118-79(116)43(6)42(5)67(104)97-65(47(10)103)77(114)94-56(26-31-85)69(106)93-58-28-33-87-76(113)64(46(9)102)98-72(109)57(27-32-86)91-68(105)54(24-29-83)92-73(110)60(36-41(3)4)95-74(111)61(37-48-18-15-14-16-19-48)96-70(107)55(25-30-84)90-71(58)108/h14-23,38-39,41-43,46-47,54-58,60-61,64-65,89,102-103H,12-13,24-37,40,83-86H2,1-11H3,(H,87,113)(H,88,112)(H,90,108)(H,91,105)(H,92,110)(H,93,106)(H,94,114)(H,95,111)(H,96,107)(H,97,104)(H,98,109)/b52-39-/t42?,43?,46-,47-,54+,55+,56+,57+,58+,60+,61-,64+,65+/m1/s1. The van der Waals surface area contributed by atoms with E-state index in [1.807, 2.05) is 13.8 Å². The average Bonchev–Trinajstić information content (AvgIpc) is 1.60. The van der Waals surface area contributed by atoms with E-state index < -0.39 is 192 Å². The molecule has 646 valence electrons. The molecule has 4 aromatic rings. The van der Waals surface area contributed by atoms with Gasteiger partial charge in [-0.1, -0.05) is 84.0 Å². The van der Waals surface area contributed by atoms with Crippen molar-refractivity contribution < 1.29 is 90.9 Å². The molecular formula is C80H115F2N19O17. The smallest absolute Gasteiger partial charge is 0.335 e. The number of fused-ring (bicyclic) bond motifs is 1. The molecule has 3 heterocycles. The molecule has 3 aromatic carbocycles. The van der Waals surface area contributed by atoms with E-state index in [0.29, 0.717) is 41.2 Å². The van der Waals surface area contributed by atoms with Crippen molar-refractivity contribution in [3.8, 4) is 0 Å². The summed E-state index contributed by atoms with van der Waals surface area (Å²) in [6, 6.07) is -0.122. The van der Waals surface area contributed by atoms with Crippen LogP contribution in [-0.4, -0.2) is 236 Å². The van der Waals surface area contributed by atoms with E-state index in [2.05, 4.69) is 68.4 Å². The fourth-order valence-corrected chi connectivity index (χ4v) is 13.4. The molecular weight excluding hydrogens is 1540 g/mol. The summed E-state index contributed by atoms with van der Waals surface area (Å²) in [5.74, 6) is -17.1. The van der Waals surface area contributed by atoms with Crippen molar-refractivity contribution in [2.45, 2.75) is 187 Å². The Labute approximate surface area is 683 Å². The molecule has 36 nitrogen and oxygen atoms in total. The van der Waals surface area contributed by atoms with E-state index in [4.69, 9.17) is 27.7 Å². The van der Waals surface area contributed by atoms with Crippen molar-refractivity contribution >= 4 is 106 Å². The third-order valence-corrected chi connectivity index (χ3v) is 20.4. The number of hydrogen-bond donors (Lipinski definition) is 18. The highest BCUT2D eigenvalue weighted by Crippen LogP contribution is 2.41. The summed E-state index contributed by atoms with van der Waals surface area (Å²) < 4.78 is 36.9. The monoisotopic (exact) mass is 1650 g/mol. The van der Waals surface area contributed by atoms with E-state index in [-0.39, 0.29) is 98.9 Å². The zero-order chi connectivity index (χ0) is 87.5. The molecule has 1 aromatic heterocycles. The number of carbonyl (C=O) groups is 14. The van der Waals surface area contributed by atoms with Crippen LogP contribution in [0.5, 0.6) is 0 Å². The highest BCUT2D eigenvalue weighted by molar-refractivity contribution is 6.43. The first-order valence-electron chi connectivity index (χ1n) is 39.4. The number of H-pyrrole nitrogens is 1. The molecule has 22 N–H and O–H groups in total. The van der Waals surface area contributed by atoms with Gasteiger partial charge in [0.25, 0.3) is 11.8 Å². The quantitative estimate of drug-likeness (QED) is 0.0201. The van der Waals surface area contributed by atoms with Gasteiger partial charge in [-0.15, -0.1) is 0 Å². The zero-order valence-electron chi connectivity index (χ0n) is 68.5. The van der Waals surface area contributed by atoms with Crippen molar-refractivity contribution in [1.29, 1.82) is 0 Å². The summed E-state index contributed by atoms with van der Waals surface area (Å²) >= 11 is 0. The molecule has 2 aliphatic heterocycles. The van der Waals surface area contributed by atoms with E-state index in [1.54, 1.807) is 58.0 Å². The van der Waals surface area contributed by atoms with Gasteiger partial charge in [-0.3, -0.25) is 67.2 Å². The van der Waals surface area contributed by atoms with Crippen LogP contribution in [0.25, 0.3) is 11.6 Å². The Bertz CT molecular complexity index is 4270. The molecule has 0 saturated carbocycles. The van der Waals surface area contributed by atoms with Crippen LogP contribution >= 0.6 is 0 Å². The van der Waals surface area contributed by atoms with Crippen LogP contribution in [0, 0.1) is 43.2 Å². The van der Waals surface area contributed by atoms with Crippen molar-refractivity contribution in [3.05, 3.63) is 118 Å². The minimum absolute atomic E-state index is 0.00567. The molecule has 2 unspecified atom stereocenters. The van der Waals surface area contributed by atoms with Crippen molar-refractivity contribution in [2.24, 2.45) is 40.7 Å². The van der Waals surface area contributed by atoms with Crippen molar-refractivity contribution in [3.63, 3.8) is 0 Å². The Morgan fingerprint density at radius 3 is 1.82 bits per heavy atom. The molecule has 6 rings (SSSR count). The highest BCUT2D eigenvalue weighted by atomic mass is 19.1. The number of aromatic nitrogens is 1. The topological polar surface area (TPSA) is 551 Å². The first kappa shape index (κ1) is 95.7. The molecule has 118 heavy (non-hydrogen) atoms. The van der Waals surface area contributed by atoms with Gasteiger partial charge in [-0.05, 0) is 153 Å². The molecule has 1 saturated heterocycles. The second-order valence-electron chi connectivity index (χ2n) is 29.7. The molecule has 38 heteroatoms. The number of aliphatic hydroxyl groups is 2. The molecule has 14 amide bonds. The molecule has 0 radical (unpaired) electrons. The van der Waals surface area contributed by atoms with Gasteiger partial charge < -0.3 is 106 Å². The maximum absolute atomic E-state index is 16.2. The number of carbonyl (C=O) groups excluding carboxylic acids is 14. The number of anilines is 2. The van der Waals surface area contributed by atoms with Crippen LogP contribution in [0.2, 0.25) is 0 Å². The normalized spacial score (nSPS) is 20.6. The van der Waals surface area contributed by atoms with E-state index in [9.17, 15) is 77.3 Å². The number of aryl methyl sites for hydroxylation is 1. The molecule has 1 fully saturated rings. The van der Waals surface area contributed by atoms with Crippen molar-refractivity contribution in [1.82, 2.24) is 68.4 Å². The third kappa shape index (κ3) is 25.9. The number of rotatable bonds is 32. The number of esters is 1. The maximum atomic E-state index is 16.2. The average molecular weight is 1650 g/mol. The van der Waals surface area contributed by atoms with Crippen LogP contribution < -0.4 is 91.2 Å². The fourth-order valence-electron chi connectivity index (χ4n) is 13.4. The maximum Gasteiger partial charge on any atom is 0.335 e. The molecule has 0 bridgehead atoms. The van der Waals surface area contributed by atoms with Crippen LogP contribution in [0.15, 0.2) is 66.7 Å². The minimum Gasteiger partial charge on any atom is -0.461 e. The predicted octanol–water partition coefficient (Wildman–Crippen LogP) is -1.23. The lowest BCUT2D eigenvalue weighted by atomic mass is 9.94. The van der Waals surface area contributed by atoms with Gasteiger partial charge in [-0.2, -0.15) is 0 Å². The number of benzene rings is 3. The van der Waals surface area contributed by atoms with Crippen LogP contribution in [0.1, 0.15) is 138 Å². The predicted molar refractivity (Wildman–Crippen MR) is 433 cm³/mol. The number of nitrogens with one attached hydrogen (secondary N) is 12. The van der Waals surface area contributed by atoms with Crippen LogP contribution in [0.3, 0.4) is 0 Å². The third-order valence-electron chi connectivity index (χ3n) is 20.4. The van der Waals surface area contributed by atoms with E-state index >= 15 is 8.78 Å². The summed E-state index contributed by atoms with van der Waals surface area (Å²) in [5.41, 5.74) is 25.2. The van der Waals surface area contributed by atoms with Crippen LogP contribution in [-0.2, 0) is 75.3 Å². The number of aromatic amines is 1. The summed E-state index contributed by atoms with van der Waals surface area (Å²) in [6.07, 6.45) is -3.71. The number of nitrogens with two attached hydrogens (primary N) is 4. The van der Waals surface area contributed by atoms with E-state index in [0.717, 1.165) is 55.1 Å². The molecule has 2 aliphatic rings. The number of imide groups is 1. The lowest BCUT2D eigenvalue weighted by Gasteiger charge is -2.29. The Hall–Kier alpha value is -11.2. The number of para-hydroxylation sites is 1. The fraction of sp³-hybridized carbons (Fsp3) is 0.525. The number of hydrogen-bond acceptors (Lipinski definition) is 22. The van der Waals surface area contributed by atoms with Gasteiger partial charge in [0.2, 0.25) is 59.1 Å². The number of amides is 14. The summed E-state index contributed by atoms with van der Waals surface area (Å²) in [4.78, 5) is 206. The van der Waals surface area contributed by atoms with Gasteiger partial charge in [-0.25, -0.2) is 18.5 Å². The second-order valence-corrected chi connectivity index (χ2v) is 29.7. The first-order chi connectivity index (χ1) is 55.9. The molecule has 0 aliphatic carbocycles. The first-order valence-corrected chi connectivity index (χ1v) is 39.4. The van der Waals surface area contributed by atoms with Crippen molar-refractivity contribution in [2.75, 3.05) is 75.8 Å². The number of nitrogens with zero attached hydrogens (tertiary/aromatic N) is 3.